The first-order valence-corrected chi connectivity index (χ1v) is 4.86. The van der Waals surface area contributed by atoms with Crippen molar-refractivity contribution in [2.24, 2.45) is 0 Å². The quantitative estimate of drug-likeness (QED) is 0.726. The Morgan fingerprint density at radius 3 is 2.29 bits per heavy atom. The predicted octanol–water partition coefficient (Wildman–Crippen LogP) is 3.15. The molecule has 0 spiro atoms. The molecule has 74 valence electrons. The van der Waals surface area contributed by atoms with Crippen LogP contribution in [0.3, 0.4) is 0 Å². The summed E-state index contributed by atoms with van der Waals surface area (Å²) in [5, 5.41) is 9.84. The predicted molar refractivity (Wildman–Crippen MR) is 56.4 cm³/mol. The van der Waals surface area contributed by atoms with Crippen molar-refractivity contribution in [3.8, 4) is 5.75 Å². The van der Waals surface area contributed by atoms with Gasteiger partial charge < -0.3 is 9.84 Å². The Morgan fingerprint density at radius 1 is 1.21 bits per heavy atom. The van der Waals surface area contributed by atoms with Crippen molar-refractivity contribution in [3.05, 3.63) is 35.4 Å². The van der Waals surface area contributed by atoms with E-state index in [-0.39, 0.29) is 0 Å². The van der Waals surface area contributed by atoms with Crippen LogP contribution in [0.2, 0.25) is 0 Å². The van der Waals surface area contributed by atoms with E-state index in [1.165, 1.54) is 12.0 Å². The Balaban J connectivity index is 2.24. The molecule has 0 unspecified atom stereocenters. The molecule has 1 fully saturated rings. The average molecular weight is 190 g/mol. The van der Waals surface area contributed by atoms with Gasteiger partial charge in [0.1, 0.15) is 11.5 Å². The molecule has 1 aliphatic rings. The maximum Gasteiger partial charge on any atom is 0.121 e. The highest BCUT2D eigenvalue weighted by Crippen LogP contribution is 2.32. The first-order chi connectivity index (χ1) is 6.81. The van der Waals surface area contributed by atoms with Gasteiger partial charge >= 0.3 is 0 Å². The lowest BCUT2D eigenvalue weighted by molar-refractivity contribution is 0.414. The highest BCUT2D eigenvalue weighted by molar-refractivity contribution is 5.63. The number of aliphatic hydroxyl groups is 1. The summed E-state index contributed by atoms with van der Waals surface area (Å²) in [6, 6.07) is 7.51. The molecule has 0 heterocycles. The van der Waals surface area contributed by atoms with Gasteiger partial charge in [0.15, 0.2) is 0 Å². The Bertz CT molecular complexity index is 343. The summed E-state index contributed by atoms with van der Waals surface area (Å²) in [5.74, 6) is 1.28. The lowest BCUT2D eigenvalue weighted by atomic mass is 9.89. The van der Waals surface area contributed by atoms with Crippen LogP contribution in [-0.2, 0) is 0 Å². The number of allylic oxidation sites excluding steroid dienone is 1. The standard InChI is InChI=1S/C12H14O2/c1-14-11-7-5-10(6-8-11)12(13)9-3-2-4-9/h5-8,13H,2-4H2,1H3. The van der Waals surface area contributed by atoms with Gasteiger partial charge in [-0.25, -0.2) is 0 Å². The molecule has 1 N–H and O–H groups in total. The van der Waals surface area contributed by atoms with Gasteiger partial charge in [0.2, 0.25) is 0 Å². The van der Waals surface area contributed by atoms with Crippen LogP contribution in [0.25, 0.3) is 5.76 Å². The molecular weight excluding hydrogens is 176 g/mol. The number of aliphatic hydroxyl groups excluding tert-OH is 1. The van der Waals surface area contributed by atoms with Crippen LogP contribution in [0.4, 0.5) is 0 Å². The van der Waals surface area contributed by atoms with Crippen molar-refractivity contribution < 1.29 is 9.84 Å². The minimum Gasteiger partial charge on any atom is -0.507 e. The zero-order valence-electron chi connectivity index (χ0n) is 8.29. The fourth-order valence-electron chi connectivity index (χ4n) is 1.54. The van der Waals surface area contributed by atoms with Crippen LogP contribution in [0.15, 0.2) is 29.8 Å². The van der Waals surface area contributed by atoms with Crippen LogP contribution in [0, 0.1) is 0 Å². The summed E-state index contributed by atoms with van der Waals surface area (Å²) in [7, 11) is 1.64. The zero-order chi connectivity index (χ0) is 9.97. The van der Waals surface area contributed by atoms with E-state index in [4.69, 9.17) is 4.74 Å². The number of ether oxygens (including phenoxy) is 1. The molecule has 14 heavy (non-hydrogen) atoms. The van der Waals surface area contributed by atoms with E-state index >= 15 is 0 Å². The van der Waals surface area contributed by atoms with Crippen molar-refractivity contribution in [2.75, 3.05) is 7.11 Å². The minimum absolute atomic E-state index is 0.457. The Kier molecular flexibility index (Phi) is 2.44. The van der Waals surface area contributed by atoms with Crippen LogP contribution in [0.1, 0.15) is 24.8 Å². The summed E-state index contributed by atoms with van der Waals surface area (Å²) in [6.07, 6.45) is 3.28. The van der Waals surface area contributed by atoms with E-state index in [1.54, 1.807) is 7.11 Å². The molecule has 0 atom stereocenters. The number of hydrogen-bond donors (Lipinski definition) is 1. The topological polar surface area (TPSA) is 29.5 Å². The van der Waals surface area contributed by atoms with Crippen molar-refractivity contribution in [2.45, 2.75) is 19.3 Å². The lowest BCUT2D eigenvalue weighted by Crippen LogP contribution is -2.01. The van der Waals surface area contributed by atoms with Gasteiger partial charge in [-0.15, -0.1) is 0 Å². The van der Waals surface area contributed by atoms with Crippen molar-refractivity contribution in [1.29, 1.82) is 0 Å². The highest BCUT2D eigenvalue weighted by Gasteiger charge is 2.14. The number of rotatable bonds is 2. The first-order valence-electron chi connectivity index (χ1n) is 4.86. The zero-order valence-corrected chi connectivity index (χ0v) is 8.29. The second-order valence-corrected chi connectivity index (χ2v) is 3.53. The number of hydrogen-bond acceptors (Lipinski definition) is 2. The summed E-state index contributed by atoms with van der Waals surface area (Å²) in [4.78, 5) is 0. The van der Waals surface area contributed by atoms with Gasteiger partial charge in [-0.3, -0.25) is 0 Å². The Morgan fingerprint density at radius 2 is 1.86 bits per heavy atom. The van der Waals surface area contributed by atoms with E-state index in [0.29, 0.717) is 5.76 Å². The molecule has 2 heteroatoms. The van der Waals surface area contributed by atoms with E-state index in [1.807, 2.05) is 24.3 Å². The maximum atomic E-state index is 9.84. The van der Waals surface area contributed by atoms with Crippen LogP contribution in [0.5, 0.6) is 5.75 Å². The summed E-state index contributed by atoms with van der Waals surface area (Å²) >= 11 is 0. The smallest absolute Gasteiger partial charge is 0.121 e. The molecule has 1 aromatic rings. The fourth-order valence-corrected chi connectivity index (χ4v) is 1.54. The minimum atomic E-state index is 0.457. The number of benzene rings is 1. The Hall–Kier alpha value is -1.44. The molecule has 1 aliphatic carbocycles. The molecule has 0 aromatic heterocycles. The summed E-state index contributed by atoms with van der Waals surface area (Å²) in [5.41, 5.74) is 2.07. The van der Waals surface area contributed by atoms with Crippen LogP contribution >= 0.6 is 0 Å². The van der Waals surface area contributed by atoms with Crippen LogP contribution in [-0.4, -0.2) is 12.2 Å². The second kappa shape index (κ2) is 3.74. The maximum absolute atomic E-state index is 9.84. The Labute approximate surface area is 83.8 Å². The van der Waals surface area contributed by atoms with Crippen molar-refractivity contribution in [1.82, 2.24) is 0 Å². The van der Waals surface area contributed by atoms with Gasteiger partial charge in [-0.2, -0.15) is 0 Å². The van der Waals surface area contributed by atoms with Crippen molar-refractivity contribution in [3.63, 3.8) is 0 Å². The van der Waals surface area contributed by atoms with E-state index in [9.17, 15) is 5.11 Å². The van der Waals surface area contributed by atoms with Crippen molar-refractivity contribution >= 4 is 5.76 Å². The molecule has 0 amide bonds. The first kappa shape index (κ1) is 9.13. The van der Waals surface area contributed by atoms with Gasteiger partial charge in [0, 0.05) is 5.56 Å². The third kappa shape index (κ3) is 1.60. The molecule has 0 saturated heterocycles. The van der Waals surface area contributed by atoms with E-state index < -0.39 is 0 Å². The monoisotopic (exact) mass is 190 g/mol. The van der Waals surface area contributed by atoms with Gasteiger partial charge in [0.05, 0.1) is 7.11 Å². The van der Waals surface area contributed by atoms with Gasteiger partial charge in [-0.1, -0.05) is 0 Å². The molecular formula is C12H14O2. The third-order valence-corrected chi connectivity index (χ3v) is 2.66. The van der Waals surface area contributed by atoms with Crippen LogP contribution < -0.4 is 4.74 Å². The number of methoxy groups -OCH3 is 1. The third-order valence-electron chi connectivity index (χ3n) is 2.66. The second-order valence-electron chi connectivity index (χ2n) is 3.53. The van der Waals surface area contributed by atoms with E-state index in [0.717, 1.165) is 24.2 Å². The molecule has 2 rings (SSSR count). The molecule has 0 aliphatic heterocycles. The largest absolute Gasteiger partial charge is 0.507 e. The highest BCUT2D eigenvalue weighted by atomic mass is 16.5. The summed E-state index contributed by atoms with van der Waals surface area (Å²) < 4.78 is 5.05. The molecule has 1 saturated carbocycles. The summed E-state index contributed by atoms with van der Waals surface area (Å²) in [6.45, 7) is 0. The molecule has 1 aromatic carbocycles. The van der Waals surface area contributed by atoms with Gasteiger partial charge in [-0.05, 0) is 49.1 Å². The molecule has 2 nitrogen and oxygen atoms in total. The fraction of sp³-hybridized carbons (Fsp3) is 0.333. The molecule has 0 radical (unpaired) electrons. The average Bonchev–Trinajstić information content (AvgIpc) is 2.15. The van der Waals surface area contributed by atoms with E-state index in [2.05, 4.69) is 0 Å². The van der Waals surface area contributed by atoms with Gasteiger partial charge in [0.25, 0.3) is 0 Å². The lowest BCUT2D eigenvalue weighted by Gasteiger charge is -2.18. The SMILES string of the molecule is COc1ccc(C(O)=C2CCC2)cc1. The molecule has 0 bridgehead atoms. The normalized spacial score (nSPS) is 14.8.